The van der Waals surface area contributed by atoms with Gasteiger partial charge in [-0.2, -0.15) is 0 Å². The summed E-state index contributed by atoms with van der Waals surface area (Å²) in [5, 5.41) is 0. The van der Waals surface area contributed by atoms with E-state index in [2.05, 4.69) is 18.7 Å². The molecule has 0 N–H and O–H groups in total. The fraction of sp³-hybridized carbons (Fsp3) is 0.938. The van der Waals surface area contributed by atoms with Crippen LogP contribution in [0.5, 0.6) is 0 Å². The molecule has 3 nitrogen and oxygen atoms in total. The molecule has 1 saturated heterocycles. The summed E-state index contributed by atoms with van der Waals surface area (Å²) in [4.78, 5) is 14.6. The van der Waals surface area contributed by atoms with E-state index in [1.165, 1.54) is 26.4 Å². The van der Waals surface area contributed by atoms with Gasteiger partial charge in [-0.25, -0.2) is 0 Å². The van der Waals surface area contributed by atoms with Crippen LogP contribution in [-0.2, 0) is 9.53 Å². The SMILES string of the molecule is CC[C@@H](C)[C@H](C(=O)OC)N1C[C@@H]2[C@H]3CC[C@H](C3)[C@@H]2C1. The molecule has 1 heterocycles. The maximum atomic E-state index is 12.1. The molecule has 6 atom stereocenters. The van der Waals surface area contributed by atoms with Gasteiger partial charge in [-0.1, -0.05) is 20.3 Å². The first kappa shape index (κ1) is 13.4. The van der Waals surface area contributed by atoms with Crippen LogP contribution in [-0.4, -0.2) is 37.1 Å². The van der Waals surface area contributed by atoms with Crippen LogP contribution >= 0.6 is 0 Å². The first-order chi connectivity index (χ1) is 9.15. The summed E-state index contributed by atoms with van der Waals surface area (Å²) >= 11 is 0. The van der Waals surface area contributed by atoms with Crippen LogP contribution < -0.4 is 0 Å². The van der Waals surface area contributed by atoms with Gasteiger partial charge in [0.05, 0.1) is 7.11 Å². The Morgan fingerprint density at radius 3 is 2.32 bits per heavy atom. The Balaban J connectivity index is 1.73. The standard InChI is InChI=1S/C16H27NO2/c1-4-10(2)15(16(18)19-3)17-8-13-11-5-6-12(7-11)14(13)9-17/h10-15H,4-9H2,1-3H3/t10-,11-,12+,13+,14-,15-/m1/s1. The summed E-state index contributed by atoms with van der Waals surface area (Å²) in [6.45, 7) is 6.62. The molecule has 2 aliphatic carbocycles. The van der Waals surface area contributed by atoms with Crippen molar-refractivity contribution >= 4 is 5.97 Å². The maximum absolute atomic E-state index is 12.1. The van der Waals surface area contributed by atoms with E-state index < -0.39 is 0 Å². The quantitative estimate of drug-likeness (QED) is 0.732. The first-order valence-electron chi connectivity index (χ1n) is 7.97. The Bertz CT molecular complexity index is 339. The number of esters is 1. The summed E-state index contributed by atoms with van der Waals surface area (Å²) in [7, 11) is 1.53. The lowest BCUT2D eigenvalue weighted by atomic mass is 9.82. The fourth-order valence-electron chi connectivity index (χ4n) is 5.03. The van der Waals surface area contributed by atoms with E-state index >= 15 is 0 Å². The predicted octanol–water partition coefficient (Wildman–Crippen LogP) is 2.55. The van der Waals surface area contributed by atoms with Gasteiger partial charge in [0.2, 0.25) is 0 Å². The van der Waals surface area contributed by atoms with Crippen LogP contribution in [0.25, 0.3) is 0 Å². The van der Waals surface area contributed by atoms with Crippen molar-refractivity contribution < 1.29 is 9.53 Å². The molecule has 0 aromatic carbocycles. The molecule has 1 aliphatic heterocycles. The van der Waals surface area contributed by atoms with Crippen molar-refractivity contribution in [2.24, 2.45) is 29.6 Å². The van der Waals surface area contributed by atoms with Gasteiger partial charge in [0.25, 0.3) is 0 Å². The molecule has 0 spiro atoms. The topological polar surface area (TPSA) is 29.5 Å². The zero-order valence-electron chi connectivity index (χ0n) is 12.5. The number of rotatable bonds is 4. The highest BCUT2D eigenvalue weighted by atomic mass is 16.5. The smallest absolute Gasteiger partial charge is 0.323 e. The van der Waals surface area contributed by atoms with Crippen molar-refractivity contribution in [2.75, 3.05) is 20.2 Å². The number of carbonyl (C=O) groups is 1. The molecule has 0 amide bonds. The second kappa shape index (κ2) is 5.08. The number of fused-ring (bicyclic) bond motifs is 5. The molecule has 0 aromatic rings. The molecule has 3 heteroatoms. The molecular formula is C16H27NO2. The number of methoxy groups -OCH3 is 1. The minimum Gasteiger partial charge on any atom is -0.468 e. The Morgan fingerprint density at radius 1 is 1.26 bits per heavy atom. The molecule has 2 bridgehead atoms. The maximum Gasteiger partial charge on any atom is 0.323 e. The van der Waals surface area contributed by atoms with E-state index in [1.807, 2.05) is 0 Å². The van der Waals surface area contributed by atoms with Crippen molar-refractivity contribution in [1.82, 2.24) is 4.90 Å². The molecule has 3 fully saturated rings. The van der Waals surface area contributed by atoms with Gasteiger partial charge in [0.15, 0.2) is 0 Å². The molecule has 2 saturated carbocycles. The third kappa shape index (κ3) is 2.10. The van der Waals surface area contributed by atoms with Gasteiger partial charge in [-0.15, -0.1) is 0 Å². The Kier molecular flexibility index (Phi) is 3.59. The third-order valence-corrected chi connectivity index (χ3v) is 6.18. The van der Waals surface area contributed by atoms with E-state index in [4.69, 9.17) is 4.74 Å². The summed E-state index contributed by atoms with van der Waals surface area (Å²) in [6.07, 6.45) is 5.38. The van der Waals surface area contributed by atoms with E-state index in [0.717, 1.165) is 43.2 Å². The zero-order chi connectivity index (χ0) is 13.6. The Morgan fingerprint density at radius 2 is 1.84 bits per heavy atom. The highest BCUT2D eigenvalue weighted by molar-refractivity contribution is 5.76. The van der Waals surface area contributed by atoms with Gasteiger partial charge in [0.1, 0.15) is 6.04 Å². The Hall–Kier alpha value is -0.570. The molecule has 3 rings (SSSR count). The fourth-order valence-corrected chi connectivity index (χ4v) is 5.03. The van der Waals surface area contributed by atoms with Gasteiger partial charge in [0, 0.05) is 13.1 Å². The molecule has 0 unspecified atom stereocenters. The number of likely N-dealkylation sites (tertiary alicyclic amines) is 1. The molecule has 3 aliphatic rings. The van der Waals surface area contributed by atoms with Gasteiger partial charge in [-0.05, 0) is 48.9 Å². The van der Waals surface area contributed by atoms with E-state index in [9.17, 15) is 4.79 Å². The second-order valence-electron chi connectivity index (χ2n) is 6.97. The average Bonchev–Trinajstić information content (AvgIpc) is 3.10. The number of hydrogen-bond acceptors (Lipinski definition) is 3. The average molecular weight is 265 g/mol. The third-order valence-electron chi connectivity index (χ3n) is 6.18. The summed E-state index contributed by atoms with van der Waals surface area (Å²) < 4.78 is 5.06. The molecule has 19 heavy (non-hydrogen) atoms. The largest absolute Gasteiger partial charge is 0.468 e. The van der Waals surface area contributed by atoms with E-state index in [-0.39, 0.29) is 12.0 Å². The van der Waals surface area contributed by atoms with Gasteiger partial charge in [-0.3, -0.25) is 9.69 Å². The van der Waals surface area contributed by atoms with E-state index in [1.54, 1.807) is 0 Å². The molecular weight excluding hydrogens is 238 g/mol. The highest BCUT2D eigenvalue weighted by Crippen LogP contribution is 2.55. The van der Waals surface area contributed by atoms with Crippen LogP contribution in [0.1, 0.15) is 39.5 Å². The van der Waals surface area contributed by atoms with E-state index in [0.29, 0.717) is 5.92 Å². The molecule has 0 radical (unpaired) electrons. The predicted molar refractivity (Wildman–Crippen MR) is 74.6 cm³/mol. The monoisotopic (exact) mass is 265 g/mol. The van der Waals surface area contributed by atoms with Crippen molar-refractivity contribution in [2.45, 2.75) is 45.6 Å². The minimum atomic E-state index is -0.0262. The lowest BCUT2D eigenvalue weighted by Crippen LogP contribution is -2.45. The second-order valence-corrected chi connectivity index (χ2v) is 6.97. The zero-order valence-corrected chi connectivity index (χ0v) is 12.5. The first-order valence-corrected chi connectivity index (χ1v) is 7.97. The Labute approximate surface area is 116 Å². The molecule has 0 aromatic heterocycles. The molecule has 108 valence electrons. The van der Waals surface area contributed by atoms with Crippen LogP contribution in [0.4, 0.5) is 0 Å². The van der Waals surface area contributed by atoms with Gasteiger partial charge < -0.3 is 4.74 Å². The normalized spacial score (nSPS) is 40.2. The lowest BCUT2D eigenvalue weighted by molar-refractivity contribution is -0.148. The van der Waals surface area contributed by atoms with Crippen molar-refractivity contribution in [3.8, 4) is 0 Å². The lowest BCUT2D eigenvalue weighted by Gasteiger charge is -2.30. The van der Waals surface area contributed by atoms with Crippen LogP contribution in [0.2, 0.25) is 0 Å². The summed E-state index contributed by atoms with van der Waals surface area (Å²) in [5.74, 6) is 4.01. The van der Waals surface area contributed by atoms with Crippen LogP contribution in [0.15, 0.2) is 0 Å². The van der Waals surface area contributed by atoms with Crippen molar-refractivity contribution in [3.63, 3.8) is 0 Å². The van der Waals surface area contributed by atoms with Crippen molar-refractivity contribution in [1.29, 1.82) is 0 Å². The van der Waals surface area contributed by atoms with Crippen LogP contribution in [0, 0.1) is 29.6 Å². The number of nitrogens with zero attached hydrogens (tertiary/aromatic N) is 1. The number of ether oxygens (including phenoxy) is 1. The number of carbonyl (C=O) groups excluding carboxylic acids is 1. The minimum absolute atomic E-state index is 0.0139. The van der Waals surface area contributed by atoms with Crippen LogP contribution in [0.3, 0.4) is 0 Å². The summed E-state index contributed by atoms with van der Waals surface area (Å²) in [6, 6.07) is -0.0139. The van der Waals surface area contributed by atoms with Crippen molar-refractivity contribution in [3.05, 3.63) is 0 Å². The van der Waals surface area contributed by atoms with Gasteiger partial charge >= 0.3 is 5.97 Å². The summed E-state index contributed by atoms with van der Waals surface area (Å²) in [5.41, 5.74) is 0. The highest BCUT2D eigenvalue weighted by Gasteiger charge is 2.53. The number of hydrogen-bond donors (Lipinski definition) is 0.